The minimum absolute atomic E-state index is 0.341. The zero-order valence-corrected chi connectivity index (χ0v) is 14.1. The van der Waals surface area contributed by atoms with Crippen LogP contribution in [0.5, 0.6) is 0 Å². The van der Waals surface area contributed by atoms with E-state index in [9.17, 15) is 9.59 Å². The van der Waals surface area contributed by atoms with Gasteiger partial charge in [0.1, 0.15) is 0 Å². The number of esters is 1. The van der Waals surface area contributed by atoms with Gasteiger partial charge >= 0.3 is 5.97 Å². The predicted molar refractivity (Wildman–Crippen MR) is 94.9 cm³/mol. The lowest BCUT2D eigenvalue weighted by atomic mass is 10.1. The summed E-state index contributed by atoms with van der Waals surface area (Å²) in [5, 5.41) is 2.80. The monoisotopic (exact) mass is 326 g/mol. The number of benzene rings is 2. The molecule has 24 heavy (non-hydrogen) atoms. The zero-order chi connectivity index (χ0) is 17.7. The van der Waals surface area contributed by atoms with Crippen LogP contribution in [0.25, 0.3) is 0 Å². The Morgan fingerprint density at radius 3 is 2.21 bits per heavy atom. The van der Waals surface area contributed by atoms with Gasteiger partial charge in [-0.25, -0.2) is 4.79 Å². The molecule has 0 heterocycles. The fourth-order valence-electron chi connectivity index (χ4n) is 2.41. The molecule has 0 radical (unpaired) electrons. The normalized spacial score (nSPS) is 11.6. The van der Waals surface area contributed by atoms with Crippen LogP contribution in [0.3, 0.4) is 0 Å². The topological polar surface area (TPSA) is 81.4 Å². The fourth-order valence-corrected chi connectivity index (χ4v) is 2.41. The summed E-state index contributed by atoms with van der Waals surface area (Å²) in [6.45, 7) is 5.71. The van der Waals surface area contributed by atoms with Gasteiger partial charge in [0.2, 0.25) is 0 Å². The first kappa shape index (κ1) is 17.5. The van der Waals surface area contributed by atoms with Gasteiger partial charge in [0.25, 0.3) is 5.91 Å². The maximum Gasteiger partial charge on any atom is 0.338 e. The first-order chi connectivity index (χ1) is 11.4. The lowest BCUT2D eigenvalue weighted by Gasteiger charge is -2.16. The smallest absolute Gasteiger partial charge is 0.338 e. The van der Waals surface area contributed by atoms with Crippen LogP contribution in [0.1, 0.15) is 34.8 Å². The van der Waals surface area contributed by atoms with Crippen molar-refractivity contribution in [2.24, 2.45) is 0 Å². The summed E-state index contributed by atoms with van der Waals surface area (Å²) in [5.41, 5.74) is 9.32. The molecule has 1 unspecified atom stereocenters. The average Bonchev–Trinajstić information content (AvgIpc) is 2.51. The van der Waals surface area contributed by atoms with Crippen LogP contribution in [-0.2, 0) is 9.53 Å². The molecular formula is C19H22N2O3. The van der Waals surface area contributed by atoms with E-state index >= 15 is 0 Å². The number of anilines is 2. The summed E-state index contributed by atoms with van der Waals surface area (Å²) in [7, 11) is 0. The standard InChI is InChI=1S/C19H22N2O3/c1-4-17(24-19(23)14-5-7-15(20)8-6-14)18(22)21-16-10-12(2)9-13(3)11-16/h5-11,17H,4,20H2,1-3H3,(H,21,22). The second-order valence-electron chi connectivity index (χ2n) is 5.79. The van der Waals surface area contributed by atoms with Gasteiger partial charge < -0.3 is 15.8 Å². The first-order valence-corrected chi connectivity index (χ1v) is 7.84. The second kappa shape index (κ2) is 7.64. The van der Waals surface area contributed by atoms with Gasteiger partial charge in [0, 0.05) is 11.4 Å². The van der Waals surface area contributed by atoms with Crippen molar-refractivity contribution < 1.29 is 14.3 Å². The molecule has 0 aliphatic rings. The molecule has 126 valence electrons. The highest BCUT2D eigenvalue weighted by molar-refractivity contribution is 5.97. The number of rotatable bonds is 5. The van der Waals surface area contributed by atoms with Gasteiger partial charge in [-0.15, -0.1) is 0 Å². The first-order valence-electron chi connectivity index (χ1n) is 7.84. The third-order valence-electron chi connectivity index (χ3n) is 3.55. The highest BCUT2D eigenvalue weighted by Gasteiger charge is 2.22. The van der Waals surface area contributed by atoms with Gasteiger partial charge in [-0.05, 0) is 67.8 Å². The molecule has 0 aliphatic heterocycles. The van der Waals surface area contributed by atoms with Crippen molar-refractivity contribution >= 4 is 23.3 Å². The van der Waals surface area contributed by atoms with E-state index in [1.807, 2.05) is 32.0 Å². The van der Waals surface area contributed by atoms with E-state index in [0.717, 1.165) is 11.1 Å². The van der Waals surface area contributed by atoms with E-state index < -0.39 is 12.1 Å². The van der Waals surface area contributed by atoms with E-state index in [2.05, 4.69) is 5.32 Å². The number of amides is 1. The van der Waals surface area contributed by atoms with Crippen molar-refractivity contribution in [1.82, 2.24) is 0 Å². The molecule has 1 atom stereocenters. The molecule has 5 heteroatoms. The van der Waals surface area contributed by atoms with Gasteiger partial charge in [-0.3, -0.25) is 4.79 Å². The minimum atomic E-state index is -0.851. The Morgan fingerprint density at radius 1 is 1.08 bits per heavy atom. The zero-order valence-electron chi connectivity index (χ0n) is 14.1. The summed E-state index contributed by atoms with van der Waals surface area (Å²) in [6.07, 6.45) is -0.465. The lowest BCUT2D eigenvalue weighted by Crippen LogP contribution is -2.32. The number of nitrogens with two attached hydrogens (primary N) is 1. The molecule has 3 N–H and O–H groups in total. The Morgan fingerprint density at radius 2 is 1.67 bits per heavy atom. The molecule has 0 saturated carbocycles. The SMILES string of the molecule is CCC(OC(=O)c1ccc(N)cc1)C(=O)Nc1cc(C)cc(C)c1. The van der Waals surface area contributed by atoms with Crippen LogP contribution in [0.2, 0.25) is 0 Å². The van der Waals surface area contributed by atoms with Crippen molar-refractivity contribution in [2.45, 2.75) is 33.3 Å². The molecule has 2 aromatic rings. The molecule has 2 aromatic carbocycles. The summed E-state index contributed by atoms with van der Waals surface area (Å²) < 4.78 is 5.33. The Kier molecular flexibility index (Phi) is 5.58. The highest BCUT2D eigenvalue weighted by atomic mass is 16.5. The summed E-state index contributed by atoms with van der Waals surface area (Å²) in [6, 6.07) is 12.2. The molecule has 0 spiro atoms. The van der Waals surface area contributed by atoms with E-state index in [1.165, 1.54) is 0 Å². The largest absolute Gasteiger partial charge is 0.449 e. The van der Waals surface area contributed by atoms with E-state index in [0.29, 0.717) is 23.4 Å². The minimum Gasteiger partial charge on any atom is -0.449 e. The van der Waals surface area contributed by atoms with Crippen molar-refractivity contribution in [3.63, 3.8) is 0 Å². The van der Waals surface area contributed by atoms with Gasteiger partial charge in [-0.2, -0.15) is 0 Å². The highest BCUT2D eigenvalue weighted by Crippen LogP contribution is 2.16. The number of hydrogen-bond donors (Lipinski definition) is 2. The molecular weight excluding hydrogens is 304 g/mol. The van der Waals surface area contributed by atoms with Crippen molar-refractivity contribution in [3.8, 4) is 0 Å². The quantitative estimate of drug-likeness (QED) is 0.651. The summed E-state index contributed by atoms with van der Waals surface area (Å²) >= 11 is 0. The number of carbonyl (C=O) groups excluding carboxylic acids is 2. The number of ether oxygens (including phenoxy) is 1. The van der Waals surface area contributed by atoms with Gasteiger partial charge in [-0.1, -0.05) is 13.0 Å². The Balaban J connectivity index is 2.05. The Bertz CT molecular complexity index is 719. The number of carbonyl (C=O) groups is 2. The van der Waals surface area contributed by atoms with Crippen LogP contribution in [0, 0.1) is 13.8 Å². The maximum atomic E-state index is 12.4. The second-order valence-corrected chi connectivity index (χ2v) is 5.79. The van der Waals surface area contributed by atoms with Crippen LogP contribution >= 0.6 is 0 Å². The van der Waals surface area contributed by atoms with Crippen molar-refractivity contribution in [2.75, 3.05) is 11.1 Å². The number of aryl methyl sites for hydroxylation is 2. The van der Waals surface area contributed by atoms with E-state index in [1.54, 1.807) is 31.2 Å². The van der Waals surface area contributed by atoms with Crippen LogP contribution < -0.4 is 11.1 Å². The maximum absolute atomic E-state index is 12.4. The predicted octanol–water partition coefficient (Wildman–Crippen LogP) is 3.46. The molecule has 2 rings (SSSR count). The van der Waals surface area contributed by atoms with Crippen LogP contribution in [0.4, 0.5) is 11.4 Å². The van der Waals surface area contributed by atoms with Crippen molar-refractivity contribution in [1.29, 1.82) is 0 Å². The lowest BCUT2D eigenvalue weighted by molar-refractivity contribution is -0.124. The third kappa shape index (κ3) is 4.59. The van der Waals surface area contributed by atoms with Crippen molar-refractivity contribution in [3.05, 3.63) is 59.2 Å². The Hall–Kier alpha value is -2.82. The Labute approximate surface area is 141 Å². The number of nitrogens with one attached hydrogen (secondary N) is 1. The molecule has 5 nitrogen and oxygen atoms in total. The average molecular weight is 326 g/mol. The van der Waals surface area contributed by atoms with Crippen LogP contribution in [-0.4, -0.2) is 18.0 Å². The molecule has 0 aromatic heterocycles. The molecule has 0 bridgehead atoms. The molecule has 0 saturated heterocycles. The summed E-state index contributed by atoms with van der Waals surface area (Å²) in [4.78, 5) is 24.5. The van der Waals surface area contributed by atoms with Gasteiger partial charge in [0.15, 0.2) is 6.10 Å². The van der Waals surface area contributed by atoms with Crippen LogP contribution in [0.15, 0.2) is 42.5 Å². The number of nitrogen functional groups attached to an aromatic ring is 1. The number of hydrogen-bond acceptors (Lipinski definition) is 4. The van der Waals surface area contributed by atoms with E-state index in [-0.39, 0.29) is 5.91 Å². The molecule has 1 amide bonds. The third-order valence-corrected chi connectivity index (χ3v) is 3.55. The fraction of sp³-hybridized carbons (Fsp3) is 0.263. The molecule has 0 fully saturated rings. The molecule has 0 aliphatic carbocycles. The van der Waals surface area contributed by atoms with E-state index in [4.69, 9.17) is 10.5 Å². The summed E-state index contributed by atoms with van der Waals surface area (Å²) in [5.74, 6) is -0.885. The van der Waals surface area contributed by atoms with Gasteiger partial charge in [0.05, 0.1) is 5.56 Å².